The summed E-state index contributed by atoms with van der Waals surface area (Å²) in [6.07, 6.45) is 1.93. The molecule has 0 atom stereocenters. The van der Waals surface area contributed by atoms with Crippen molar-refractivity contribution in [3.05, 3.63) is 17.0 Å². The maximum absolute atomic E-state index is 5.81. The third-order valence-electron chi connectivity index (χ3n) is 1.55. The SMILES string of the molecule is CSc1nc(Cl)cc2nc(C)nn12. The van der Waals surface area contributed by atoms with Gasteiger partial charge in [-0.2, -0.15) is 4.52 Å². The summed E-state index contributed by atoms with van der Waals surface area (Å²) in [5, 5.41) is 5.39. The Hall–Kier alpha value is -0.810. The lowest BCUT2D eigenvalue weighted by molar-refractivity contribution is 0.786. The topological polar surface area (TPSA) is 43.1 Å². The third-order valence-corrected chi connectivity index (χ3v) is 2.38. The highest BCUT2D eigenvalue weighted by Gasteiger charge is 2.06. The van der Waals surface area contributed by atoms with Gasteiger partial charge in [-0.3, -0.25) is 0 Å². The summed E-state index contributed by atoms with van der Waals surface area (Å²) < 4.78 is 1.69. The molecule has 0 unspecified atom stereocenters. The van der Waals surface area contributed by atoms with Crippen LogP contribution >= 0.6 is 23.4 Å². The number of aromatic nitrogens is 4. The number of nitrogens with zero attached hydrogens (tertiary/aromatic N) is 4. The zero-order valence-corrected chi connectivity index (χ0v) is 8.72. The molecule has 2 rings (SSSR count). The molecule has 4 nitrogen and oxygen atoms in total. The van der Waals surface area contributed by atoms with Crippen molar-refractivity contribution >= 4 is 29.0 Å². The van der Waals surface area contributed by atoms with E-state index in [0.717, 1.165) is 16.6 Å². The van der Waals surface area contributed by atoms with Crippen LogP contribution in [0.1, 0.15) is 5.82 Å². The van der Waals surface area contributed by atoms with Gasteiger partial charge in [0, 0.05) is 6.07 Å². The molecule has 6 heteroatoms. The molecule has 2 aromatic rings. The molecule has 68 valence electrons. The second-order valence-electron chi connectivity index (χ2n) is 2.49. The Morgan fingerprint density at radius 2 is 2.23 bits per heavy atom. The summed E-state index contributed by atoms with van der Waals surface area (Å²) in [7, 11) is 0. The van der Waals surface area contributed by atoms with Gasteiger partial charge in [-0.15, -0.1) is 5.10 Å². The smallest absolute Gasteiger partial charge is 0.192 e. The average molecular weight is 215 g/mol. The van der Waals surface area contributed by atoms with Crippen molar-refractivity contribution in [2.24, 2.45) is 0 Å². The number of hydrogen-bond acceptors (Lipinski definition) is 4. The van der Waals surface area contributed by atoms with Gasteiger partial charge in [-0.25, -0.2) is 9.97 Å². The van der Waals surface area contributed by atoms with Gasteiger partial charge in [-0.1, -0.05) is 23.4 Å². The molecule has 0 bridgehead atoms. The number of hydrogen-bond donors (Lipinski definition) is 0. The third kappa shape index (κ3) is 1.49. The minimum absolute atomic E-state index is 0.448. The molecule has 13 heavy (non-hydrogen) atoms. The van der Waals surface area contributed by atoms with E-state index in [0.29, 0.717) is 5.15 Å². The fourth-order valence-corrected chi connectivity index (χ4v) is 1.80. The predicted molar refractivity (Wildman–Crippen MR) is 52.3 cm³/mol. The van der Waals surface area contributed by atoms with Crippen molar-refractivity contribution in [2.45, 2.75) is 12.1 Å². The van der Waals surface area contributed by atoms with E-state index in [1.165, 1.54) is 11.8 Å². The van der Waals surface area contributed by atoms with Crippen molar-refractivity contribution in [3.63, 3.8) is 0 Å². The first-order valence-corrected chi connectivity index (χ1v) is 5.25. The summed E-state index contributed by atoms with van der Waals surface area (Å²) in [4.78, 5) is 8.32. The first-order chi connectivity index (χ1) is 6.20. The molecule has 0 N–H and O–H groups in total. The van der Waals surface area contributed by atoms with Crippen LogP contribution in [0.15, 0.2) is 11.2 Å². The molecule has 0 saturated carbocycles. The standard InChI is InChI=1S/C7H7ClN4S/c1-4-9-6-3-5(8)10-7(13-2)12(6)11-4/h3H,1-2H3. The molecule has 0 amide bonds. The van der Waals surface area contributed by atoms with Crippen molar-refractivity contribution < 1.29 is 0 Å². The van der Waals surface area contributed by atoms with Crippen LogP contribution in [0.2, 0.25) is 5.15 Å². The van der Waals surface area contributed by atoms with Crippen LogP contribution < -0.4 is 0 Å². The average Bonchev–Trinajstić information content (AvgIpc) is 2.43. The molecule has 0 aliphatic heterocycles. The van der Waals surface area contributed by atoms with Crippen LogP contribution in [0.5, 0.6) is 0 Å². The Morgan fingerprint density at radius 1 is 1.46 bits per heavy atom. The van der Waals surface area contributed by atoms with Crippen LogP contribution in [0.3, 0.4) is 0 Å². The van der Waals surface area contributed by atoms with Gasteiger partial charge >= 0.3 is 0 Å². The van der Waals surface area contributed by atoms with Crippen LogP contribution in [-0.4, -0.2) is 25.8 Å². The second-order valence-corrected chi connectivity index (χ2v) is 3.66. The fraction of sp³-hybridized carbons (Fsp3) is 0.286. The van der Waals surface area contributed by atoms with Crippen LogP contribution in [0.25, 0.3) is 5.65 Å². The van der Waals surface area contributed by atoms with Gasteiger partial charge in [0.25, 0.3) is 0 Å². The number of fused-ring (bicyclic) bond motifs is 1. The molecule has 2 heterocycles. The normalized spacial score (nSPS) is 11.0. The number of aryl methyl sites for hydroxylation is 1. The van der Waals surface area contributed by atoms with Gasteiger partial charge in [0.1, 0.15) is 11.0 Å². The maximum atomic E-state index is 5.81. The maximum Gasteiger partial charge on any atom is 0.192 e. The number of halogens is 1. The summed E-state index contributed by atoms with van der Waals surface area (Å²) in [6, 6.07) is 1.70. The van der Waals surface area contributed by atoms with Crippen LogP contribution in [0, 0.1) is 6.92 Å². The molecule has 0 aliphatic carbocycles. The zero-order valence-electron chi connectivity index (χ0n) is 7.15. The summed E-state index contributed by atoms with van der Waals surface area (Å²) in [6.45, 7) is 1.84. The fourth-order valence-electron chi connectivity index (χ4n) is 1.08. The lowest BCUT2D eigenvalue weighted by Crippen LogP contribution is -1.95. The van der Waals surface area contributed by atoms with Crippen molar-refractivity contribution in [1.29, 1.82) is 0 Å². The molecule has 0 aliphatic rings. The van der Waals surface area contributed by atoms with Gasteiger partial charge < -0.3 is 0 Å². The van der Waals surface area contributed by atoms with Crippen molar-refractivity contribution in [3.8, 4) is 0 Å². The number of rotatable bonds is 1. The Balaban J connectivity index is 2.80. The largest absolute Gasteiger partial charge is 0.212 e. The van der Waals surface area contributed by atoms with E-state index in [1.54, 1.807) is 10.6 Å². The first kappa shape index (κ1) is 8.77. The minimum Gasteiger partial charge on any atom is -0.212 e. The first-order valence-electron chi connectivity index (χ1n) is 3.64. The molecule has 2 aromatic heterocycles. The monoisotopic (exact) mass is 214 g/mol. The minimum atomic E-state index is 0.448. The quantitative estimate of drug-likeness (QED) is 0.413. The van der Waals surface area contributed by atoms with Gasteiger partial charge in [0.2, 0.25) is 0 Å². The van der Waals surface area contributed by atoms with E-state index in [1.807, 2.05) is 13.2 Å². The zero-order chi connectivity index (χ0) is 9.42. The van der Waals surface area contributed by atoms with Crippen molar-refractivity contribution in [2.75, 3.05) is 6.26 Å². The van der Waals surface area contributed by atoms with Crippen LogP contribution in [0.4, 0.5) is 0 Å². The molecule has 0 saturated heterocycles. The highest BCUT2D eigenvalue weighted by molar-refractivity contribution is 7.98. The molecular weight excluding hydrogens is 208 g/mol. The molecular formula is C7H7ClN4S. The van der Waals surface area contributed by atoms with Crippen LogP contribution in [-0.2, 0) is 0 Å². The van der Waals surface area contributed by atoms with Gasteiger partial charge in [0.05, 0.1) is 0 Å². The second kappa shape index (κ2) is 3.16. The van der Waals surface area contributed by atoms with E-state index in [9.17, 15) is 0 Å². The lowest BCUT2D eigenvalue weighted by atomic mass is 10.6. The van der Waals surface area contributed by atoms with E-state index in [-0.39, 0.29) is 0 Å². The Morgan fingerprint density at radius 3 is 2.92 bits per heavy atom. The van der Waals surface area contributed by atoms with E-state index < -0.39 is 0 Å². The molecule has 0 radical (unpaired) electrons. The Bertz CT molecular complexity index is 453. The lowest BCUT2D eigenvalue weighted by Gasteiger charge is -1.98. The molecule has 0 fully saturated rings. The van der Waals surface area contributed by atoms with E-state index >= 15 is 0 Å². The van der Waals surface area contributed by atoms with Gasteiger partial charge in [0.15, 0.2) is 10.8 Å². The number of thioether (sulfide) groups is 1. The summed E-state index contributed by atoms with van der Waals surface area (Å²) >= 11 is 7.30. The van der Waals surface area contributed by atoms with E-state index in [4.69, 9.17) is 11.6 Å². The Labute approximate surface area is 84.3 Å². The van der Waals surface area contributed by atoms with Gasteiger partial charge in [-0.05, 0) is 13.2 Å². The Kier molecular flexibility index (Phi) is 2.13. The summed E-state index contributed by atoms with van der Waals surface area (Å²) in [5.41, 5.74) is 0.738. The van der Waals surface area contributed by atoms with Crippen molar-refractivity contribution in [1.82, 2.24) is 19.6 Å². The highest BCUT2D eigenvalue weighted by Crippen LogP contribution is 2.17. The highest BCUT2D eigenvalue weighted by atomic mass is 35.5. The van der Waals surface area contributed by atoms with E-state index in [2.05, 4.69) is 15.1 Å². The molecule has 0 spiro atoms. The predicted octanol–water partition coefficient (Wildman–Crippen LogP) is 1.81. The summed E-state index contributed by atoms with van der Waals surface area (Å²) in [5.74, 6) is 0.722. The molecule has 0 aromatic carbocycles.